The zero-order valence-electron chi connectivity index (χ0n) is 30.7. The van der Waals surface area contributed by atoms with E-state index in [4.69, 9.17) is 0 Å². The Balaban J connectivity index is 0.995. The number of amides is 2. The van der Waals surface area contributed by atoms with Gasteiger partial charge in [0.15, 0.2) is 23.3 Å². The molecule has 24 heteroatoms. The van der Waals surface area contributed by atoms with Crippen molar-refractivity contribution in [3.63, 3.8) is 0 Å². The topological polar surface area (TPSA) is 212 Å². The summed E-state index contributed by atoms with van der Waals surface area (Å²) in [7, 11) is -8.63. The van der Waals surface area contributed by atoms with Gasteiger partial charge >= 0.3 is 0 Å². The maximum atomic E-state index is 14.5. The van der Waals surface area contributed by atoms with Crippen molar-refractivity contribution >= 4 is 43.2 Å². The summed E-state index contributed by atoms with van der Waals surface area (Å²) in [5, 5.41) is 20.2. The van der Waals surface area contributed by atoms with Crippen LogP contribution in [0.4, 0.5) is 37.7 Å². The molecule has 0 aliphatic rings. The lowest BCUT2D eigenvalue weighted by Gasteiger charge is -2.10. The minimum Gasteiger partial charge on any atom is -0.322 e. The number of aromatic nitrogens is 6. The maximum Gasteiger partial charge on any atom is 0.258 e. The summed E-state index contributed by atoms with van der Waals surface area (Å²) in [6, 6.07) is 9.91. The van der Waals surface area contributed by atoms with E-state index in [1.807, 2.05) is 6.92 Å². The molecule has 0 spiro atoms. The molecule has 0 fully saturated rings. The second-order valence-corrected chi connectivity index (χ2v) is 16.6. The first-order valence-corrected chi connectivity index (χ1v) is 20.2. The van der Waals surface area contributed by atoms with Gasteiger partial charge in [-0.2, -0.15) is 0 Å². The van der Waals surface area contributed by atoms with Gasteiger partial charge in [0.2, 0.25) is 20.0 Å². The Labute approximate surface area is 336 Å². The van der Waals surface area contributed by atoms with Gasteiger partial charge in [-0.25, -0.2) is 52.6 Å². The fraction of sp³-hybridized carbons (Fsp3) is 0.167. The van der Waals surface area contributed by atoms with Gasteiger partial charge in [0.1, 0.15) is 11.6 Å². The fourth-order valence-electron chi connectivity index (χ4n) is 5.45. The normalized spacial score (nSPS) is 11.9. The smallest absolute Gasteiger partial charge is 0.258 e. The lowest BCUT2D eigenvalue weighted by atomic mass is 10.2. The minimum absolute atomic E-state index is 0.173. The van der Waals surface area contributed by atoms with Gasteiger partial charge in [-0.3, -0.25) is 19.0 Å². The van der Waals surface area contributed by atoms with E-state index in [2.05, 4.69) is 40.7 Å². The zero-order chi connectivity index (χ0) is 43.4. The molecule has 0 aliphatic carbocycles. The second-order valence-electron chi connectivity index (χ2n) is 13.1. The molecule has 2 amide bonds. The standard InChI is InChI=1S/C36H30F6N10O6S2/c1-20(16-51-18-23(47-49-51)14-43-59(55,56)25-4-8-29(37)27(12-25)35(53)45-21-2-6-31(39)33(41)10-21)17-52-19-24(48-50-52)15-44-60(57,58)26-5-9-30(38)28(13-26)36(54)46-22-3-7-32(40)34(42)11-22/h2-13,18-20,43-44H,14-17H2,1H3,(H,45,53)(H,46,54). The van der Waals surface area contributed by atoms with E-state index in [0.717, 1.165) is 60.7 Å². The Hall–Kier alpha value is -6.50. The van der Waals surface area contributed by atoms with E-state index in [0.29, 0.717) is 12.1 Å². The monoisotopic (exact) mass is 876 g/mol. The first-order valence-electron chi connectivity index (χ1n) is 17.3. The van der Waals surface area contributed by atoms with Crippen molar-refractivity contribution in [3.8, 4) is 0 Å². The van der Waals surface area contributed by atoms with Crippen molar-refractivity contribution in [2.45, 2.75) is 42.9 Å². The second kappa shape index (κ2) is 17.8. The van der Waals surface area contributed by atoms with Crippen LogP contribution in [0.25, 0.3) is 0 Å². The number of hydrogen-bond donors (Lipinski definition) is 4. The number of nitrogens with zero attached hydrogens (tertiary/aromatic N) is 6. The number of carbonyl (C=O) groups excluding carboxylic acids is 2. The molecule has 6 aromatic rings. The zero-order valence-corrected chi connectivity index (χ0v) is 32.3. The van der Waals surface area contributed by atoms with E-state index >= 15 is 0 Å². The van der Waals surface area contributed by atoms with Crippen LogP contribution in [0.5, 0.6) is 0 Å². The summed E-state index contributed by atoms with van der Waals surface area (Å²) in [4.78, 5) is 24.3. The van der Waals surface area contributed by atoms with Crippen LogP contribution < -0.4 is 20.1 Å². The summed E-state index contributed by atoms with van der Waals surface area (Å²) < 4.78 is 142. The number of benzene rings is 4. The molecule has 0 saturated carbocycles. The van der Waals surface area contributed by atoms with E-state index < -0.39 is 87.7 Å². The number of carbonyl (C=O) groups is 2. The molecule has 6 rings (SSSR count). The quantitative estimate of drug-likeness (QED) is 0.100. The SMILES string of the molecule is CC(Cn1cc(CNS(=O)(=O)c2ccc(F)c(C(=O)Nc3ccc(F)c(F)c3)c2)nn1)Cn1cc(CNS(=O)(=O)c2ccc(F)c(C(=O)Nc3ccc(F)c(F)c3)c2)nn1. The van der Waals surface area contributed by atoms with Crippen LogP contribution in [-0.2, 0) is 46.2 Å². The third kappa shape index (κ3) is 10.6. The molecular weight excluding hydrogens is 847 g/mol. The summed E-state index contributed by atoms with van der Waals surface area (Å²) in [5.74, 6) is -9.35. The molecule has 0 unspecified atom stereocenters. The molecule has 2 heterocycles. The summed E-state index contributed by atoms with van der Waals surface area (Å²) >= 11 is 0. The number of halogens is 6. The predicted molar refractivity (Wildman–Crippen MR) is 199 cm³/mol. The third-order valence-electron chi connectivity index (χ3n) is 8.40. The highest BCUT2D eigenvalue weighted by atomic mass is 32.2. The van der Waals surface area contributed by atoms with Crippen LogP contribution in [0.15, 0.2) is 95.0 Å². The highest BCUT2D eigenvalue weighted by Gasteiger charge is 2.23. The van der Waals surface area contributed by atoms with Crippen LogP contribution in [0.1, 0.15) is 39.0 Å². The summed E-state index contributed by atoms with van der Waals surface area (Å²) in [6.07, 6.45) is 2.94. The van der Waals surface area contributed by atoms with Crippen LogP contribution >= 0.6 is 0 Å². The number of hydrogen-bond acceptors (Lipinski definition) is 10. The molecule has 2 aromatic heterocycles. The van der Waals surface area contributed by atoms with Gasteiger partial charge in [0.05, 0.1) is 45.4 Å². The lowest BCUT2D eigenvalue weighted by Crippen LogP contribution is -2.24. The Morgan fingerprint density at radius 1 is 0.567 bits per heavy atom. The predicted octanol–water partition coefficient (Wildman–Crippen LogP) is 4.50. The van der Waals surface area contributed by atoms with Crippen molar-refractivity contribution in [1.29, 1.82) is 0 Å². The van der Waals surface area contributed by atoms with Gasteiger partial charge in [-0.1, -0.05) is 17.4 Å². The highest BCUT2D eigenvalue weighted by molar-refractivity contribution is 7.89. The Morgan fingerprint density at radius 3 is 1.33 bits per heavy atom. The molecule has 0 atom stereocenters. The Kier molecular flexibility index (Phi) is 12.8. The van der Waals surface area contributed by atoms with Crippen molar-refractivity contribution in [1.82, 2.24) is 39.4 Å². The van der Waals surface area contributed by atoms with E-state index in [-0.39, 0.29) is 54.9 Å². The average Bonchev–Trinajstić information content (AvgIpc) is 3.85. The number of rotatable bonds is 16. The molecule has 0 aliphatic heterocycles. The molecule has 0 radical (unpaired) electrons. The fourth-order valence-corrected chi connectivity index (χ4v) is 7.50. The Bertz CT molecular complexity index is 2630. The van der Waals surface area contributed by atoms with Crippen LogP contribution in [-0.4, -0.2) is 58.6 Å². The van der Waals surface area contributed by atoms with Gasteiger partial charge in [0.25, 0.3) is 11.8 Å². The third-order valence-corrected chi connectivity index (χ3v) is 11.2. The van der Waals surface area contributed by atoms with Gasteiger partial charge < -0.3 is 10.6 Å². The highest BCUT2D eigenvalue weighted by Crippen LogP contribution is 2.21. The van der Waals surface area contributed by atoms with E-state index in [1.54, 1.807) is 0 Å². The molecule has 314 valence electrons. The first kappa shape index (κ1) is 43.1. The molecule has 4 aromatic carbocycles. The molecule has 4 N–H and O–H groups in total. The average molecular weight is 877 g/mol. The van der Waals surface area contributed by atoms with Crippen LogP contribution in [0.2, 0.25) is 0 Å². The van der Waals surface area contributed by atoms with Gasteiger partial charge in [-0.05, 0) is 66.6 Å². The van der Waals surface area contributed by atoms with Gasteiger partial charge in [0, 0.05) is 49.0 Å². The largest absolute Gasteiger partial charge is 0.322 e. The van der Waals surface area contributed by atoms with Gasteiger partial charge in [-0.15, -0.1) is 10.2 Å². The van der Waals surface area contributed by atoms with Crippen LogP contribution in [0, 0.1) is 40.8 Å². The molecule has 16 nitrogen and oxygen atoms in total. The van der Waals surface area contributed by atoms with Crippen molar-refractivity contribution in [3.05, 3.63) is 143 Å². The summed E-state index contributed by atoms with van der Waals surface area (Å²) in [5.41, 5.74) is -1.30. The summed E-state index contributed by atoms with van der Waals surface area (Å²) in [6.45, 7) is 1.70. The first-order chi connectivity index (χ1) is 28.4. The number of sulfonamides is 2. The van der Waals surface area contributed by atoms with Crippen molar-refractivity contribution in [2.75, 3.05) is 10.6 Å². The molecule has 60 heavy (non-hydrogen) atoms. The molecule has 0 saturated heterocycles. The lowest BCUT2D eigenvalue weighted by molar-refractivity contribution is 0.101. The van der Waals surface area contributed by atoms with Crippen molar-refractivity contribution < 1.29 is 52.8 Å². The van der Waals surface area contributed by atoms with E-state index in [1.165, 1.54) is 21.8 Å². The van der Waals surface area contributed by atoms with Crippen LogP contribution in [0.3, 0.4) is 0 Å². The Morgan fingerprint density at radius 2 is 0.950 bits per heavy atom. The van der Waals surface area contributed by atoms with E-state index in [9.17, 15) is 52.8 Å². The molecule has 0 bridgehead atoms. The molecular formula is C36H30F6N10O6S2. The number of anilines is 2. The maximum absolute atomic E-state index is 14.5. The minimum atomic E-state index is -4.31. The number of nitrogens with one attached hydrogen (secondary N) is 4. The van der Waals surface area contributed by atoms with Crippen molar-refractivity contribution in [2.24, 2.45) is 5.92 Å².